The molecule has 0 radical (unpaired) electrons. The van der Waals surface area contributed by atoms with E-state index in [0.29, 0.717) is 36.7 Å². The second kappa shape index (κ2) is 6.49. The molecule has 0 atom stereocenters. The summed E-state index contributed by atoms with van der Waals surface area (Å²) >= 11 is 0. The molecule has 118 valence electrons. The first-order chi connectivity index (χ1) is 10.3. The molecule has 1 fully saturated rings. The summed E-state index contributed by atoms with van der Waals surface area (Å²) in [4.78, 5) is 13.8. The van der Waals surface area contributed by atoms with Gasteiger partial charge in [-0.1, -0.05) is 0 Å². The third kappa shape index (κ3) is 3.66. The molecule has 1 heterocycles. The minimum absolute atomic E-state index is 0.0827. The Balaban J connectivity index is 2.35. The highest BCUT2D eigenvalue weighted by Crippen LogP contribution is 2.31. The molecule has 0 saturated carbocycles. The molecule has 0 aliphatic carbocycles. The Morgan fingerprint density at radius 3 is 2.50 bits per heavy atom. The Labute approximate surface area is 131 Å². The van der Waals surface area contributed by atoms with Crippen LogP contribution in [0, 0.1) is 17.2 Å². The first kappa shape index (κ1) is 16.5. The molecule has 0 spiro atoms. The summed E-state index contributed by atoms with van der Waals surface area (Å²) in [6.45, 7) is 2.88. The number of carbonyl (C=O) groups is 1. The van der Waals surface area contributed by atoms with Gasteiger partial charge in [0.2, 0.25) is 0 Å². The molecule has 22 heavy (non-hydrogen) atoms. The minimum Gasteiger partial charge on any atom is -0.370 e. The fourth-order valence-electron chi connectivity index (χ4n) is 2.80. The molecule has 1 aromatic carbocycles. The lowest BCUT2D eigenvalue weighted by molar-refractivity contribution is 0.101. The number of benzene rings is 1. The number of rotatable bonds is 4. The highest BCUT2D eigenvalue weighted by molar-refractivity contribution is 7.90. The average molecular weight is 320 g/mol. The second-order valence-corrected chi connectivity index (χ2v) is 7.79. The lowest BCUT2D eigenvalue weighted by atomic mass is 9.94. The number of sulfone groups is 1. The maximum atomic E-state index is 12.0. The summed E-state index contributed by atoms with van der Waals surface area (Å²) in [7, 11) is -3.35. The zero-order chi connectivity index (χ0) is 16.3. The van der Waals surface area contributed by atoms with Crippen LogP contribution in [0.25, 0.3) is 0 Å². The molecular weight excluding hydrogens is 300 g/mol. The summed E-state index contributed by atoms with van der Waals surface area (Å²) in [6.07, 6.45) is 3.45. The van der Waals surface area contributed by atoms with Gasteiger partial charge in [-0.2, -0.15) is 5.26 Å². The average Bonchev–Trinajstić information content (AvgIpc) is 2.47. The molecule has 0 bridgehead atoms. The molecule has 5 nitrogen and oxygen atoms in total. The van der Waals surface area contributed by atoms with E-state index >= 15 is 0 Å². The zero-order valence-corrected chi connectivity index (χ0v) is 13.7. The van der Waals surface area contributed by atoms with E-state index in [0.717, 1.165) is 12.8 Å². The van der Waals surface area contributed by atoms with E-state index in [1.807, 2.05) is 4.90 Å². The van der Waals surface area contributed by atoms with Crippen molar-refractivity contribution in [2.45, 2.75) is 31.1 Å². The van der Waals surface area contributed by atoms with E-state index in [2.05, 4.69) is 6.07 Å². The quantitative estimate of drug-likeness (QED) is 0.796. The Hall–Kier alpha value is -1.87. The van der Waals surface area contributed by atoms with Gasteiger partial charge in [0.1, 0.15) is 0 Å². The maximum absolute atomic E-state index is 12.0. The van der Waals surface area contributed by atoms with Crippen molar-refractivity contribution in [2.24, 2.45) is 5.92 Å². The van der Waals surface area contributed by atoms with Crippen molar-refractivity contribution in [1.82, 2.24) is 0 Å². The van der Waals surface area contributed by atoms with Crippen LogP contribution in [-0.2, 0) is 9.84 Å². The number of Topliss-reactive ketones (excluding diaryl/α,β-unsaturated/α-hetero) is 1. The van der Waals surface area contributed by atoms with Crippen molar-refractivity contribution in [1.29, 1.82) is 5.26 Å². The number of nitrogens with zero attached hydrogens (tertiary/aromatic N) is 2. The minimum atomic E-state index is -3.35. The molecular formula is C16H20N2O3S. The molecule has 0 N–H and O–H groups in total. The van der Waals surface area contributed by atoms with Crippen LogP contribution in [0.1, 0.15) is 36.5 Å². The first-order valence-electron chi connectivity index (χ1n) is 7.30. The van der Waals surface area contributed by atoms with Crippen LogP contribution < -0.4 is 4.90 Å². The van der Waals surface area contributed by atoms with E-state index in [1.165, 1.54) is 19.2 Å². The van der Waals surface area contributed by atoms with E-state index in [9.17, 15) is 13.2 Å². The molecule has 0 aromatic heterocycles. The van der Waals surface area contributed by atoms with Crippen LogP contribution in [0.3, 0.4) is 0 Å². The van der Waals surface area contributed by atoms with Gasteiger partial charge in [-0.15, -0.1) is 0 Å². The van der Waals surface area contributed by atoms with Gasteiger partial charge in [0, 0.05) is 31.3 Å². The van der Waals surface area contributed by atoms with Crippen molar-refractivity contribution >= 4 is 21.3 Å². The van der Waals surface area contributed by atoms with Gasteiger partial charge in [0.05, 0.1) is 16.7 Å². The molecule has 6 heteroatoms. The predicted molar refractivity (Wildman–Crippen MR) is 84.7 cm³/mol. The predicted octanol–water partition coefficient (Wildman–Crippen LogP) is 2.42. The number of hydrogen-bond acceptors (Lipinski definition) is 5. The molecule has 1 aliphatic heterocycles. The molecule has 0 amide bonds. The monoisotopic (exact) mass is 320 g/mol. The van der Waals surface area contributed by atoms with Gasteiger partial charge in [-0.05, 0) is 43.9 Å². The summed E-state index contributed by atoms with van der Waals surface area (Å²) < 4.78 is 24.0. The number of hydrogen-bond donors (Lipinski definition) is 0. The van der Waals surface area contributed by atoms with Crippen molar-refractivity contribution in [3.63, 3.8) is 0 Å². The van der Waals surface area contributed by atoms with E-state index < -0.39 is 9.84 Å². The third-order valence-electron chi connectivity index (χ3n) is 4.10. The number of piperidine rings is 1. The van der Waals surface area contributed by atoms with Gasteiger partial charge >= 0.3 is 0 Å². The lowest BCUT2D eigenvalue weighted by Crippen LogP contribution is -2.34. The highest BCUT2D eigenvalue weighted by Gasteiger charge is 2.24. The zero-order valence-electron chi connectivity index (χ0n) is 12.9. The standard InChI is InChI=1S/C16H20N2O3S/c1-12(19)14-3-4-16(22(2,20)21)15(11-14)18-9-6-13(5-8-17)7-10-18/h3-4,11,13H,5-7,9-10H2,1-2H3. The van der Waals surface area contributed by atoms with Crippen LogP contribution in [-0.4, -0.2) is 33.5 Å². The van der Waals surface area contributed by atoms with E-state index in [-0.39, 0.29) is 10.7 Å². The lowest BCUT2D eigenvalue weighted by Gasteiger charge is -2.34. The number of nitriles is 1. The Morgan fingerprint density at radius 2 is 2.00 bits per heavy atom. The summed E-state index contributed by atoms with van der Waals surface area (Å²) in [5.41, 5.74) is 1.12. The van der Waals surface area contributed by atoms with Crippen LogP contribution in [0.2, 0.25) is 0 Å². The van der Waals surface area contributed by atoms with Crippen molar-refractivity contribution in [3.8, 4) is 6.07 Å². The molecule has 0 unspecified atom stereocenters. The van der Waals surface area contributed by atoms with Crippen molar-refractivity contribution in [3.05, 3.63) is 23.8 Å². The number of ketones is 1. The van der Waals surface area contributed by atoms with Crippen LogP contribution in [0.5, 0.6) is 0 Å². The van der Waals surface area contributed by atoms with Gasteiger partial charge < -0.3 is 4.90 Å². The topological polar surface area (TPSA) is 78.2 Å². The molecule has 1 aliphatic rings. The Bertz CT molecular complexity index is 711. The third-order valence-corrected chi connectivity index (χ3v) is 5.24. The highest BCUT2D eigenvalue weighted by atomic mass is 32.2. The van der Waals surface area contributed by atoms with E-state index in [4.69, 9.17) is 5.26 Å². The Morgan fingerprint density at radius 1 is 1.36 bits per heavy atom. The summed E-state index contributed by atoms with van der Waals surface area (Å²) in [5.74, 6) is 0.291. The van der Waals surface area contributed by atoms with E-state index in [1.54, 1.807) is 12.1 Å². The normalized spacial score (nSPS) is 16.3. The molecule has 1 aromatic rings. The van der Waals surface area contributed by atoms with Gasteiger partial charge in [0.15, 0.2) is 15.6 Å². The number of anilines is 1. The van der Waals surface area contributed by atoms with Gasteiger partial charge in [0.25, 0.3) is 0 Å². The number of carbonyl (C=O) groups excluding carboxylic acids is 1. The second-order valence-electron chi connectivity index (χ2n) is 5.80. The fourth-order valence-corrected chi connectivity index (χ4v) is 3.69. The fraction of sp³-hybridized carbons (Fsp3) is 0.500. The van der Waals surface area contributed by atoms with Gasteiger partial charge in [-0.3, -0.25) is 4.79 Å². The van der Waals surface area contributed by atoms with Crippen LogP contribution >= 0.6 is 0 Å². The van der Waals surface area contributed by atoms with Gasteiger partial charge in [-0.25, -0.2) is 8.42 Å². The summed E-state index contributed by atoms with van der Waals surface area (Å²) in [6, 6.07) is 6.94. The Kier molecular flexibility index (Phi) is 4.87. The largest absolute Gasteiger partial charge is 0.370 e. The molecule has 2 rings (SSSR count). The smallest absolute Gasteiger partial charge is 0.177 e. The van der Waals surface area contributed by atoms with Crippen LogP contribution in [0.15, 0.2) is 23.1 Å². The van der Waals surface area contributed by atoms with Crippen molar-refractivity contribution in [2.75, 3.05) is 24.2 Å². The maximum Gasteiger partial charge on any atom is 0.177 e. The molecule has 1 saturated heterocycles. The summed E-state index contributed by atoms with van der Waals surface area (Å²) in [5, 5.41) is 8.77. The SMILES string of the molecule is CC(=O)c1ccc(S(C)(=O)=O)c(N2CCC(CC#N)CC2)c1. The van der Waals surface area contributed by atoms with Crippen LogP contribution in [0.4, 0.5) is 5.69 Å². The first-order valence-corrected chi connectivity index (χ1v) is 9.19. The van der Waals surface area contributed by atoms with Crippen molar-refractivity contribution < 1.29 is 13.2 Å².